The minimum atomic E-state index is -0.0317. The van der Waals surface area contributed by atoms with E-state index >= 15 is 0 Å². The molecule has 1 aliphatic rings. The maximum Gasteiger partial charge on any atom is 0.260 e. The van der Waals surface area contributed by atoms with Crippen molar-refractivity contribution in [3.05, 3.63) is 48.7 Å². The second-order valence-corrected chi connectivity index (χ2v) is 6.09. The van der Waals surface area contributed by atoms with Crippen molar-refractivity contribution < 1.29 is 19.0 Å². The largest absolute Gasteiger partial charge is 0.484 e. The molecule has 1 aliphatic heterocycles. The first-order valence-electron chi connectivity index (χ1n) is 8.35. The molecule has 1 aromatic heterocycles. The third-order valence-corrected chi connectivity index (χ3v) is 3.82. The summed E-state index contributed by atoms with van der Waals surface area (Å²) in [5.41, 5.74) is 0. The number of amides is 1. The van der Waals surface area contributed by atoms with E-state index in [2.05, 4.69) is 4.98 Å². The van der Waals surface area contributed by atoms with E-state index in [9.17, 15) is 4.79 Å². The molecule has 3 rings (SSSR count). The molecule has 1 fully saturated rings. The molecule has 0 bridgehead atoms. The van der Waals surface area contributed by atoms with Gasteiger partial charge in [-0.25, -0.2) is 4.98 Å². The second-order valence-electron chi connectivity index (χ2n) is 6.09. The lowest BCUT2D eigenvalue weighted by atomic mass is 10.2. The number of nitrogens with zero attached hydrogens (tertiary/aromatic N) is 2. The number of pyridine rings is 1. The fraction of sp³-hybridized carbons (Fsp3) is 0.368. The molecule has 0 N–H and O–H groups in total. The van der Waals surface area contributed by atoms with Crippen LogP contribution in [0.2, 0.25) is 0 Å². The van der Waals surface area contributed by atoms with E-state index in [0.717, 1.165) is 0 Å². The SMILES string of the molecule is CC1CN(C(=O)COc2ccc(Oc3ccccn3)cc2)CC(C)O1. The highest BCUT2D eigenvalue weighted by molar-refractivity contribution is 5.78. The van der Waals surface area contributed by atoms with Crippen molar-refractivity contribution in [2.24, 2.45) is 0 Å². The first-order valence-corrected chi connectivity index (χ1v) is 8.35. The molecule has 0 radical (unpaired) electrons. The first kappa shape index (κ1) is 17.2. The Labute approximate surface area is 147 Å². The van der Waals surface area contributed by atoms with Gasteiger partial charge in [0.2, 0.25) is 5.88 Å². The van der Waals surface area contributed by atoms with Gasteiger partial charge >= 0.3 is 0 Å². The minimum Gasteiger partial charge on any atom is -0.484 e. The van der Waals surface area contributed by atoms with Gasteiger partial charge in [0.25, 0.3) is 5.91 Å². The van der Waals surface area contributed by atoms with Gasteiger partial charge in [0, 0.05) is 25.4 Å². The Morgan fingerprint density at radius 2 is 1.80 bits per heavy atom. The van der Waals surface area contributed by atoms with E-state index in [4.69, 9.17) is 14.2 Å². The Bertz CT molecular complexity index is 680. The molecule has 6 heteroatoms. The summed E-state index contributed by atoms with van der Waals surface area (Å²) in [6.45, 7) is 5.15. The van der Waals surface area contributed by atoms with Crippen LogP contribution in [0, 0.1) is 0 Å². The third-order valence-electron chi connectivity index (χ3n) is 3.82. The van der Waals surface area contributed by atoms with Crippen molar-refractivity contribution >= 4 is 5.91 Å². The summed E-state index contributed by atoms with van der Waals surface area (Å²) < 4.78 is 16.9. The van der Waals surface area contributed by atoms with Crippen LogP contribution in [0.15, 0.2) is 48.7 Å². The highest BCUT2D eigenvalue weighted by Crippen LogP contribution is 2.22. The van der Waals surface area contributed by atoms with Crippen LogP contribution >= 0.6 is 0 Å². The summed E-state index contributed by atoms with van der Waals surface area (Å²) >= 11 is 0. The Morgan fingerprint density at radius 3 is 2.44 bits per heavy atom. The lowest BCUT2D eigenvalue weighted by molar-refractivity contribution is -0.145. The van der Waals surface area contributed by atoms with Crippen LogP contribution < -0.4 is 9.47 Å². The van der Waals surface area contributed by atoms with Gasteiger partial charge in [-0.1, -0.05) is 6.07 Å². The van der Waals surface area contributed by atoms with E-state index in [0.29, 0.717) is 30.5 Å². The van der Waals surface area contributed by atoms with Gasteiger partial charge in [-0.3, -0.25) is 4.79 Å². The van der Waals surface area contributed by atoms with Gasteiger partial charge in [-0.15, -0.1) is 0 Å². The molecule has 2 aromatic rings. The monoisotopic (exact) mass is 342 g/mol. The number of hydrogen-bond donors (Lipinski definition) is 0. The molecule has 6 nitrogen and oxygen atoms in total. The molecule has 0 saturated carbocycles. The number of hydrogen-bond acceptors (Lipinski definition) is 5. The molecule has 2 heterocycles. The number of rotatable bonds is 5. The standard InChI is InChI=1S/C19H22N2O4/c1-14-11-21(12-15(2)24-14)19(22)13-23-16-6-8-17(9-7-16)25-18-5-3-4-10-20-18/h3-10,14-15H,11-13H2,1-2H3. The number of benzene rings is 1. The van der Waals surface area contributed by atoms with Gasteiger partial charge in [-0.2, -0.15) is 0 Å². The Balaban J connectivity index is 1.51. The fourth-order valence-corrected chi connectivity index (χ4v) is 2.75. The normalized spacial score (nSPS) is 20.2. The quantitative estimate of drug-likeness (QED) is 0.836. The maximum atomic E-state index is 12.3. The van der Waals surface area contributed by atoms with Gasteiger partial charge < -0.3 is 19.1 Å². The number of aromatic nitrogens is 1. The summed E-state index contributed by atoms with van der Waals surface area (Å²) in [4.78, 5) is 18.2. The van der Waals surface area contributed by atoms with Gasteiger partial charge in [-0.05, 0) is 44.2 Å². The molecule has 2 unspecified atom stereocenters. The highest BCUT2D eigenvalue weighted by Gasteiger charge is 2.25. The van der Waals surface area contributed by atoms with Crippen LogP contribution in [-0.2, 0) is 9.53 Å². The van der Waals surface area contributed by atoms with Crippen molar-refractivity contribution in [2.75, 3.05) is 19.7 Å². The Kier molecular flexibility index (Phi) is 5.50. The van der Waals surface area contributed by atoms with Crippen molar-refractivity contribution in [3.8, 4) is 17.4 Å². The minimum absolute atomic E-state index is 0.0138. The zero-order chi connectivity index (χ0) is 17.6. The summed E-state index contributed by atoms with van der Waals surface area (Å²) in [5.74, 6) is 1.78. The highest BCUT2D eigenvalue weighted by atomic mass is 16.5. The first-order chi connectivity index (χ1) is 12.1. The molecular formula is C19H22N2O4. The number of carbonyl (C=O) groups is 1. The summed E-state index contributed by atoms with van der Waals surface area (Å²) in [6, 6.07) is 12.6. The lowest BCUT2D eigenvalue weighted by Gasteiger charge is -2.35. The van der Waals surface area contributed by atoms with Crippen LogP contribution in [0.25, 0.3) is 0 Å². The third kappa shape index (κ3) is 4.93. The maximum absolute atomic E-state index is 12.3. The predicted octanol–water partition coefficient (Wildman–Crippen LogP) is 2.89. The van der Waals surface area contributed by atoms with Gasteiger partial charge in [0.1, 0.15) is 11.5 Å². The fourth-order valence-electron chi connectivity index (χ4n) is 2.75. The Hall–Kier alpha value is -2.60. The van der Waals surface area contributed by atoms with Crippen molar-refractivity contribution in [1.29, 1.82) is 0 Å². The van der Waals surface area contributed by atoms with Crippen LogP contribution in [-0.4, -0.2) is 47.7 Å². The number of morpholine rings is 1. The molecule has 1 amide bonds. The molecule has 0 aliphatic carbocycles. The average molecular weight is 342 g/mol. The van der Waals surface area contributed by atoms with Crippen molar-refractivity contribution in [3.63, 3.8) is 0 Å². The van der Waals surface area contributed by atoms with Crippen LogP contribution in [0.3, 0.4) is 0 Å². The van der Waals surface area contributed by atoms with Crippen LogP contribution in [0.1, 0.15) is 13.8 Å². The predicted molar refractivity (Wildman–Crippen MR) is 92.8 cm³/mol. The van der Waals surface area contributed by atoms with E-state index < -0.39 is 0 Å². The van der Waals surface area contributed by atoms with E-state index in [-0.39, 0.29) is 24.7 Å². The average Bonchev–Trinajstić information content (AvgIpc) is 2.61. The van der Waals surface area contributed by atoms with Crippen molar-refractivity contribution in [2.45, 2.75) is 26.1 Å². The smallest absolute Gasteiger partial charge is 0.260 e. The molecule has 2 atom stereocenters. The van der Waals surface area contributed by atoms with Crippen LogP contribution in [0.4, 0.5) is 0 Å². The van der Waals surface area contributed by atoms with E-state index in [1.807, 2.05) is 26.0 Å². The van der Waals surface area contributed by atoms with Crippen molar-refractivity contribution in [1.82, 2.24) is 9.88 Å². The summed E-state index contributed by atoms with van der Waals surface area (Å²) in [7, 11) is 0. The van der Waals surface area contributed by atoms with Gasteiger partial charge in [0.05, 0.1) is 12.2 Å². The Morgan fingerprint density at radius 1 is 1.12 bits per heavy atom. The molecule has 25 heavy (non-hydrogen) atoms. The summed E-state index contributed by atoms with van der Waals surface area (Å²) in [6.07, 6.45) is 1.78. The zero-order valence-corrected chi connectivity index (χ0v) is 14.4. The second kappa shape index (κ2) is 7.98. The summed E-state index contributed by atoms with van der Waals surface area (Å²) in [5, 5.41) is 0. The van der Waals surface area contributed by atoms with Gasteiger partial charge in [0.15, 0.2) is 6.61 Å². The van der Waals surface area contributed by atoms with Crippen LogP contribution in [0.5, 0.6) is 17.4 Å². The number of carbonyl (C=O) groups excluding carboxylic acids is 1. The lowest BCUT2D eigenvalue weighted by Crippen LogP contribution is -2.49. The molecular weight excluding hydrogens is 320 g/mol. The topological polar surface area (TPSA) is 60.9 Å². The molecule has 132 valence electrons. The van der Waals surface area contributed by atoms with E-state index in [1.165, 1.54) is 0 Å². The number of ether oxygens (including phenoxy) is 3. The molecule has 1 aromatic carbocycles. The van der Waals surface area contributed by atoms with E-state index in [1.54, 1.807) is 41.4 Å². The zero-order valence-electron chi connectivity index (χ0n) is 14.4. The molecule has 0 spiro atoms. The molecule has 1 saturated heterocycles.